The monoisotopic (exact) mass is 220 g/mol. The lowest BCUT2D eigenvalue weighted by Gasteiger charge is -2.14. The highest BCUT2D eigenvalue weighted by Gasteiger charge is 2.35. The zero-order valence-electron chi connectivity index (χ0n) is 8.53. The summed E-state index contributed by atoms with van der Waals surface area (Å²) >= 11 is 0. The molecule has 0 fully saturated rings. The van der Waals surface area contributed by atoms with Crippen molar-refractivity contribution in [3.63, 3.8) is 0 Å². The lowest BCUT2D eigenvalue weighted by molar-refractivity contribution is -0.140. The van der Waals surface area contributed by atoms with Gasteiger partial charge < -0.3 is 0 Å². The summed E-state index contributed by atoms with van der Waals surface area (Å²) in [5.41, 5.74) is -1.05. The van der Waals surface area contributed by atoms with Crippen LogP contribution >= 0.6 is 0 Å². The van der Waals surface area contributed by atoms with Gasteiger partial charge in [0, 0.05) is 0 Å². The summed E-state index contributed by atoms with van der Waals surface area (Å²) in [6, 6.07) is 3.41. The van der Waals surface area contributed by atoms with Gasteiger partial charge in [-0.2, -0.15) is 13.2 Å². The summed E-state index contributed by atoms with van der Waals surface area (Å²) in [6.45, 7) is 3.52. The van der Waals surface area contributed by atoms with E-state index < -0.39 is 17.6 Å². The summed E-state index contributed by atoms with van der Waals surface area (Å²) in [5, 5.41) is 0. The van der Waals surface area contributed by atoms with E-state index in [9.17, 15) is 17.6 Å². The summed E-state index contributed by atoms with van der Waals surface area (Å²) in [6.07, 6.45) is -4.01. The highest BCUT2D eigenvalue weighted by atomic mass is 19.4. The minimum Gasteiger partial charge on any atom is -0.206 e. The number of alkyl halides is 3. The molecule has 0 radical (unpaired) electrons. The fraction of sp³-hybridized carbons (Fsp3) is 0.455. The Kier molecular flexibility index (Phi) is 3.37. The fourth-order valence-corrected chi connectivity index (χ4v) is 1.37. The molecule has 84 valence electrons. The van der Waals surface area contributed by atoms with Gasteiger partial charge in [0.25, 0.3) is 0 Å². The Morgan fingerprint density at radius 2 is 1.87 bits per heavy atom. The van der Waals surface area contributed by atoms with Crippen molar-refractivity contribution in [2.75, 3.05) is 0 Å². The Labute approximate surface area is 85.9 Å². The van der Waals surface area contributed by atoms with Crippen LogP contribution in [0.1, 0.15) is 37.3 Å². The molecule has 0 saturated carbocycles. The normalized spacial score (nSPS) is 14.0. The summed E-state index contributed by atoms with van der Waals surface area (Å²) in [7, 11) is 0. The van der Waals surface area contributed by atoms with Crippen molar-refractivity contribution >= 4 is 0 Å². The van der Waals surface area contributed by atoms with Crippen LogP contribution in [-0.2, 0) is 6.18 Å². The van der Waals surface area contributed by atoms with Crippen LogP contribution in [-0.4, -0.2) is 0 Å². The van der Waals surface area contributed by atoms with Crippen molar-refractivity contribution < 1.29 is 17.6 Å². The molecule has 0 aliphatic carbocycles. The molecule has 0 amide bonds. The molecule has 1 aromatic carbocycles. The van der Waals surface area contributed by atoms with Gasteiger partial charge in [-0.15, -0.1) is 0 Å². The predicted molar refractivity (Wildman–Crippen MR) is 50.1 cm³/mol. The second-order valence-corrected chi connectivity index (χ2v) is 3.52. The minimum absolute atomic E-state index is 0.132. The summed E-state index contributed by atoms with van der Waals surface area (Å²) < 4.78 is 50.6. The van der Waals surface area contributed by atoms with Crippen LogP contribution < -0.4 is 0 Å². The molecule has 1 rings (SSSR count). The van der Waals surface area contributed by atoms with E-state index in [1.807, 2.05) is 6.92 Å². The Bertz CT molecular complexity index is 341. The molecule has 0 bridgehead atoms. The smallest absolute Gasteiger partial charge is 0.206 e. The molecule has 1 aromatic rings. The molecule has 0 aliphatic rings. The third-order valence-electron chi connectivity index (χ3n) is 2.48. The Hall–Kier alpha value is -1.06. The largest absolute Gasteiger partial charge is 0.419 e. The van der Waals surface area contributed by atoms with Gasteiger partial charge in [0.15, 0.2) is 0 Å². The molecule has 0 nitrogen and oxygen atoms in total. The average Bonchev–Trinajstić information content (AvgIpc) is 2.15. The van der Waals surface area contributed by atoms with Gasteiger partial charge in [0.2, 0.25) is 0 Å². The molecule has 0 saturated heterocycles. The SMILES string of the molecule is CCC(C)c1cccc(C(F)(F)F)c1F. The third-order valence-corrected chi connectivity index (χ3v) is 2.48. The molecular weight excluding hydrogens is 208 g/mol. The summed E-state index contributed by atoms with van der Waals surface area (Å²) in [4.78, 5) is 0. The minimum atomic E-state index is -4.62. The number of hydrogen-bond donors (Lipinski definition) is 0. The van der Waals surface area contributed by atoms with E-state index in [4.69, 9.17) is 0 Å². The van der Waals surface area contributed by atoms with Gasteiger partial charge in [-0.05, 0) is 24.0 Å². The zero-order chi connectivity index (χ0) is 11.6. The average molecular weight is 220 g/mol. The fourth-order valence-electron chi connectivity index (χ4n) is 1.37. The molecule has 1 unspecified atom stereocenters. The van der Waals surface area contributed by atoms with E-state index in [1.54, 1.807) is 6.92 Å². The number of halogens is 4. The van der Waals surface area contributed by atoms with Crippen molar-refractivity contribution in [2.45, 2.75) is 32.4 Å². The van der Waals surface area contributed by atoms with E-state index in [0.717, 1.165) is 6.07 Å². The Morgan fingerprint density at radius 1 is 1.27 bits per heavy atom. The van der Waals surface area contributed by atoms with E-state index in [1.165, 1.54) is 12.1 Å². The topological polar surface area (TPSA) is 0 Å². The van der Waals surface area contributed by atoms with Gasteiger partial charge in [-0.1, -0.05) is 26.0 Å². The lowest BCUT2D eigenvalue weighted by atomic mass is 9.96. The van der Waals surface area contributed by atoms with Crippen molar-refractivity contribution in [3.05, 3.63) is 35.1 Å². The molecular formula is C11H12F4. The third kappa shape index (κ3) is 2.49. The van der Waals surface area contributed by atoms with Gasteiger partial charge in [0.1, 0.15) is 5.82 Å². The van der Waals surface area contributed by atoms with Crippen molar-refractivity contribution in [1.29, 1.82) is 0 Å². The van der Waals surface area contributed by atoms with Crippen LogP contribution in [0.5, 0.6) is 0 Å². The van der Waals surface area contributed by atoms with Gasteiger partial charge in [-0.25, -0.2) is 4.39 Å². The van der Waals surface area contributed by atoms with E-state index in [-0.39, 0.29) is 11.5 Å². The number of benzene rings is 1. The molecule has 0 aliphatic heterocycles. The standard InChI is InChI=1S/C11H12F4/c1-3-7(2)8-5-4-6-9(10(8)12)11(13,14)15/h4-7H,3H2,1-2H3. The van der Waals surface area contributed by atoms with Crippen LogP contribution in [0.4, 0.5) is 17.6 Å². The van der Waals surface area contributed by atoms with E-state index in [2.05, 4.69) is 0 Å². The van der Waals surface area contributed by atoms with Gasteiger partial charge in [0.05, 0.1) is 5.56 Å². The Morgan fingerprint density at radius 3 is 2.33 bits per heavy atom. The zero-order valence-corrected chi connectivity index (χ0v) is 8.53. The first-order valence-electron chi connectivity index (χ1n) is 4.73. The number of rotatable bonds is 2. The second kappa shape index (κ2) is 4.21. The first kappa shape index (κ1) is 12.0. The highest BCUT2D eigenvalue weighted by Crippen LogP contribution is 2.34. The number of hydrogen-bond acceptors (Lipinski definition) is 0. The maximum absolute atomic E-state index is 13.5. The van der Waals surface area contributed by atoms with Crippen molar-refractivity contribution in [2.24, 2.45) is 0 Å². The van der Waals surface area contributed by atoms with Gasteiger partial charge in [-0.3, -0.25) is 0 Å². The van der Waals surface area contributed by atoms with E-state index in [0.29, 0.717) is 6.42 Å². The maximum Gasteiger partial charge on any atom is 0.419 e. The molecule has 0 N–H and O–H groups in total. The molecule has 0 spiro atoms. The van der Waals surface area contributed by atoms with E-state index >= 15 is 0 Å². The molecule has 0 heterocycles. The molecule has 1 atom stereocenters. The lowest BCUT2D eigenvalue weighted by Crippen LogP contribution is -2.10. The second-order valence-electron chi connectivity index (χ2n) is 3.52. The van der Waals surface area contributed by atoms with Gasteiger partial charge >= 0.3 is 6.18 Å². The maximum atomic E-state index is 13.5. The summed E-state index contributed by atoms with van der Waals surface area (Å²) in [5.74, 6) is -1.34. The Balaban J connectivity index is 3.23. The van der Waals surface area contributed by atoms with Crippen LogP contribution in [0, 0.1) is 5.82 Å². The van der Waals surface area contributed by atoms with Crippen LogP contribution in [0.25, 0.3) is 0 Å². The van der Waals surface area contributed by atoms with Crippen LogP contribution in [0.15, 0.2) is 18.2 Å². The molecule has 4 heteroatoms. The van der Waals surface area contributed by atoms with Crippen LogP contribution in [0.2, 0.25) is 0 Å². The quantitative estimate of drug-likeness (QED) is 0.649. The van der Waals surface area contributed by atoms with Crippen LogP contribution in [0.3, 0.4) is 0 Å². The highest BCUT2D eigenvalue weighted by molar-refractivity contribution is 5.30. The molecule has 15 heavy (non-hydrogen) atoms. The predicted octanol–water partition coefficient (Wildman–Crippen LogP) is 4.36. The van der Waals surface area contributed by atoms with Crippen molar-refractivity contribution in [3.8, 4) is 0 Å². The van der Waals surface area contributed by atoms with Crippen molar-refractivity contribution in [1.82, 2.24) is 0 Å². The first-order chi connectivity index (χ1) is 6.88. The first-order valence-corrected chi connectivity index (χ1v) is 4.73. The molecule has 0 aromatic heterocycles.